The lowest BCUT2D eigenvalue weighted by Crippen LogP contribution is -2.40. The molecule has 1 N–H and O–H groups in total. The first-order valence-electron chi connectivity index (χ1n) is 5.95. The van der Waals surface area contributed by atoms with Crippen LogP contribution in [-0.4, -0.2) is 24.7 Å². The van der Waals surface area contributed by atoms with E-state index < -0.39 is 0 Å². The molecule has 0 unspecified atom stereocenters. The maximum absolute atomic E-state index is 12.0. The number of hydrogen-bond acceptors (Lipinski definition) is 2. The molecule has 1 heterocycles. The van der Waals surface area contributed by atoms with Crippen molar-refractivity contribution in [1.29, 1.82) is 0 Å². The van der Waals surface area contributed by atoms with Gasteiger partial charge in [0.2, 0.25) is 0 Å². The van der Waals surface area contributed by atoms with E-state index in [1.807, 2.05) is 6.92 Å². The molecule has 1 aliphatic rings. The number of halogens is 2. The summed E-state index contributed by atoms with van der Waals surface area (Å²) in [5, 5.41) is 3.75. The van der Waals surface area contributed by atoms with E-state index in [-0.39, 0.29) is 18.1 Å². The average molecular weight is 288 g/mol. The van der Waals surface area contributed by atoms with Gasteiger partial charge in [0.05, 0.1) is 22.2 Å². The first-order chi connectivity index (χ1) is 8.58. The van der Waals surface area contributed by atoms with Crippen LogP contribution in [0.4, 0.5) is 0 Å². The molecular weight excluding hydrogens is 273 g/mol. The fourth-order valence-corrected chi connectivity index (χ4v) is 2.32. The summed E-state index contributed by atoms with van der Waals surface area (Å²) in [4.78, 5) is 12.0. The lowest BCUT2D eigenvalue weighted by atomic mass is 10.1. The number of ether oxygens (including phenoxy) is 1. The summed E-state index contributed by atoms with van der Waals surface area (Å²) in [5.41, 5.74) is 0.509. The van der Waals surface area contributed by atoms with Crippen LogP contribution in [-0.2, 0) is 4.74 Å². The molecule has 5 heteroatoms. The third-order valence-corrected chi connectivity index (χ3v) is 3.80. The Morgan fingerprint density at radius 2 is 2.22 bits per heavy atom. The Bertz CT molecular complexity index is 445. The molecule has 0 saturated carbocycles. The van der Waals surface area contributed by atoms with Gasteiger partial charge in [-0.25, -0.2) is 0 Å². The van der Waals surface area contributed by atoms with Crippen LogP contribution >= 0.6 is 23.2 Å². The van der Waals surface area contributed by atoms with Crippen LogP contribution in [0.1, 0.15) is 30.1 Å². The first-order valence-corrected chi connectivity index (χ1v) is 6.71. The van der Waals surface area contributed by atoms with Crippen LogP contribution in [0.2, 0.25) is 10.0 Å². The van der Waals surface area contributed by atoms with Gasteiger partial charge in [-0.3, -0.25) is 4.79 Å². The zero-order valence-electron chi connectivity index (χ0n) is 10.1. The Morgan fingerprint density at radius 3 is 2.83 bits per heavy atom. The van der Waals surface area contributed by atoms with Crippen molar-refractivity contribution < 1.29 is 9.53 Å². The van der Waals surface area contributed by atoms with Crippen molar-refractivity contribution >= 4 is 29.1 Å². The Morgan fingerprint density at radius 1 is 1.44 bits per heavy atom. The molecule has 0 radical (unpaired) electrons. The maximum Gasteiger partial charge on any atom is 0.251 e. The number of carbonyl (C=O) groups excluding carboxylic acids is 1. The fourth-order valence-electron chi connectivity index (χ4n) is 2.02. The molecule has 2 atom stereocenters. The monoisotopic (exact) mass is 287 g/mol. The molecule has 2 rings (SSSR count). The molecule has 0 aliphatic carbocycles. The summed E-state index contributed by atoms with van der Waals surface area (Å²) in [6.45, 7) is 2.73. The van der Waals surface area contributed by atoms with E-state index in [9.17, 15) is 4.79 Å². The molecule has 1 saturated heterocycles. The van der Waals surface area contributed by atoms with Crippen molar-refractivity contribution in [3.8, 4) is 0 Å². The third kappa shape index (κ3) is 3.16. The molecule has 1 amide bonds. The zero-order chi connectivity index (χ0) is 13.1. The van der Waals surface area contributed by atoms with Gasteiger partial charge >= 0.3 is 0 Å². The Hall–Kier alpha value is -0.770. The molecule has 1 aromatic carbocycles. The highest BCUT2D eigenvalue weighted by Crippen LogP contribution is 2.23. The normalized spacial score (nSPS) is 20.7. The van der Waals surface area contributed by atoms with Gasteiger partial charge in [-0.15, -0.1) is 0 Å². The largest absolute Gasteiger partial charge is 0.376 e. The van der Waals surface area contributed by atoms with Crippen LogP contribution in [0.25, 0.3) is 0 Å². The fraction of sp³-hybridized carbons (Fsp3) is 0.462. The average Bonchev–Trinajstić information content (AvgIpc) is 2.86. The van der Waals surface area contributed by atoms with Crippen molar-refractivity contribution in [2.75, 3.05) is 6.61 Å². The van der Waals surface area contributed by atoms with Crippen molar-refractivity contribution in [3.63, 3.8) is 0 Å². The highest BCUT2D eigenvalue weighted by atomic mass is 35.5. The Labute approximate surface area is 116 Å². The summed E-state index contributed by atoms with van der Waals surface area (Å²) in [5.74, 6) is -0.156. The minimum absolute atomic E-state index is 0.00514. The second-order valence-electron chi connectivity index (χ2n) is 4.44. The lowest BCUT2D eigenvalue weighted by molar-refractivity contribution is 0.0712. The molecule has 0 aromatic heterocycles. The SMILES string of the molecule is C[C@@H](NC(=O)c1ccc(Cl)c(Cl)c1)[C@@H]1CCCO1. The Kier molecular flexibility index (Phi) is 4.49. The molecule has 98 valence electrons. The van der Waals surface area contributed by atoms with Crippen LogP contribution in [0, 0.1) is 0 Å². The topological polar surface area (TPSA) is 38.3 Å². The highest BCUT2D eigenvalue weighted by Gasteiger charge is 2.24. The van der Waals surface area contributed by atoms with E-state index >= 15 is 0 Å². The van der Waals surface area contributed by atoms with Gasteiger partial charge in [-0.2, -0.15) is 0 Å². The van der Waals surface area contributed by atoms with Gasteiger partial charge in [-0.05, 0) is 38.0 Å². The highest BCUT2D eigenvalue weighted by molar-refractivity contribution is 6.42. The van der Waals surface area contributed by atoms with Crippen LogP contribution in [0.15, 0.2) is 18.2 Å². The summed E-state index contributed by atoms with van der Waals surface area (Å²) >= 11 is 11.7. The van der Waals surface area contributed by atoms with Gasteiger partial charge < -0.3 is 10.1 Å². The number of carbonyl (C=O) groups is 1. The number of benzene rings is 1. The molecule has 18 heavy (non-hydrogen) atoms. The number of hydrogen-bond donors (Lipinski definition) is 1. The summed E-state index contributed by atoms with van der Waals surface area (Å²) in [7, 11) is 0. The Balaban J connectivity index is 2.00. The van der Waals surface area contributed by atoms with Gasteiger partial charge in [0.25, 0.3) is 5.91 Å². The van der Waals surface area contributed by atoms with Crippen molar-refractivity contribution in [3.05, 3.63) is 33.8 Å². The maximum atomic E-state index is 12.0. The predicted octanol–water partition coefficient (Wildman–Crippen LogP) is 3.29. The molecular formula is C13H15Cl2NO2. The van der Waals surface area contributed by atoms with E-state index in [2.05, 4.69) is 5.32 Å². The second-order valence-corrected chi connectivity index (χ2v) is 5.26. The molecule has 0 spiro atoms. The smallest absolute Gasteiger partial charge is 0.251 e. The van der Waals surface area contributed by atoms with Crippen molar-refractivity contribution in [2.24, 2.45) is 0 Å². The van der Waals surface area contributed by atoms with E-state index in [0.29, 0.717) is 15.6 Å². The third-order valence-electron chi connectivity index (χ3n) is 3.06. The molecule has 1 aliphatic heterocycles. The summed E-state index contributed by atoms with van der Waals surface area (Å²) in [6.07, 6.45) is 2.15. The van der Waals surface area contributed by atoms with Gasteiger partial charge in [0.1, 0.15) is 0 Å². The van der Waals surface area contributed by atoms with E-state index in [1.54, 1.807) is 18.2 Å². The van der Waals surface area contributed by atoms with Gasteiger partial charge in [0.15, 0.2) is 0 Å². The van der Waals surface area contributed by atoms with E-state index in [4.69, 9.17) is 27.9 Å². The number of nitrogens with one attached hydrogen (secondary N) is 1. The van der Waals surface area contributed by atoms with E-state index in [1.165, 1.54) is 0 Å². The minimum Gasteiger partial charge on any atom is -0.376 e. The standard InChI is InChI=1S/C13H15Cl2NO2/c1-8(12-3-2-6-18-12)16-13(17)9-4-5-10(14)11(15)7-9/h4-5,7-8,12H,2-3,6H2,1H3,(H,16,17)/t8-,12+/m1/s1. The van der Waals surface area contributed by atoms with Crippen molar-refractivity contribution in [2.45, 2.75) is 31.9 Å². The number of rotatable bonds is 3. The van der Waals surface area contributed by atoms with Crippen molar-refractivity contribution in [1.82, 2.24) is 5.32 Å². The predicted molar refractivity (Wildman–Crippen MR) is 72.4 cm³/mol. The molecule has 1 aromatic rings. The molecule has 0 bridgehead atoms. The minimum atomic E-state index is -0.156. The lowest BCUT2D eigenvalue weighted by Gasteiger charge is -2.20. The second kappa shape index (κ2) is 5.91. The number of amides is 1. The first kappa shape index (κ1) is 13.7. The van der Waals surface area contributed by atoms with Gasteiger partial charge in [0, 0.05) is 12.2 Å². The summed E-state index contributed by atoms with van der Waals surface area (Å²) in [6, 6.07) is 4.84. The molecule has 3 nitrogen and oxygen atoms in total. The zero-order valence-corrected chi connectivity index (χ0v) is 11.6. The van der Waals surface area contributed by atoms with Crippen LogP contribution in [0.3, 0.4) is 0 Å². The molecule has 1 fully saturated rings. The van der Waals surface area contributed by atoms with Gasteiger partial charge in [-0.1, -0.05) is 23.2 Å². The quantitative estimate of drug-likeness (QED) is 0.926. The van der Waals surface area contributed by atoms with E-state index in [0.717, 1.165) is 19.4 Å². The summed E-state index contributed by atoms with van der Waals surface area (Å²) < 4.78 is 5.53. The van der Waals surface area contributed by atoms with Crippen LogP contribution < -0.4 is 5.32 Å². The van der Waals surface area contributed by atoms with Crippen LogP contribution in [0.5, 0.6) is 0 Å².